The number of amides is 2. The maximum atomic E-state index is 14.4. The largest absolute Gasteiger partial charge is 0.496 e. The van der Waals surface area contributed by atoms with Gasteiger partial charge in [0.2, 0.25) is 5.91 Å². The van der Waals surface area contributed by atoms with E-state index in [1.807, 2.05) is 68.4 Å². The molecule has 0 aliphatic carbocycles. The second-order valence-electron chi connectivity index (χ2n) is 9.72. The molecule has 8 heteroatoms. The molecule has 1 fully saturated rings. The monoisotopic (exact) mass is 566 g/mol. The first-order chi connectivity index (χ1) is 17.9. The number of anilines is 1. The fraction of sp³-hybridized carbons (Fsp3) is 0.379. The summed E-state index contributed by atoms with van der Waals surface area (Å²) in [7, 11) is 1.63. The molecule has 37 heavy (non-hydrogen) atoms. The Kier molecular flexibility index (Phi) is 7.14. The standard InChI is InChI=1S/C29H31BrN2O5/c1-4-18(2)27(33)31-26-28(34)32(23-7-5-6-8-25(23)37-29(26)13-14-36-17-29)16-22-21-11-10-20(30)15-19(21)9-12-24(22)35-3/h5-12,15,18,26H,4,13-14,16-17H2,1-3H3,(H,31,33)/t18-,26-,29+/m1/s1. The number of halogens is 1. The number of hydrogen-bond acceptors (Lipinski definition) is 5. The summed E-state index contributed by atoms with van der Waals surface area (Å²) >= 11 is 3.55. The van der Waals surface area contributed by atoms with E-state index in [9.17, 15) is 9.59 Å². The van der Waals surface area contributed by atoms with E-state index >= 15 is 0 Å². The number of ether oxygens (including phenoxy) is 3. The van der Waals surface area contributed by atoms with Crippen LogP contribution in [0, 0.1) is 5.92 Å². The molecule has 194 valence electrons. The molecular formula is C29H31BrN2O5. The molecule has 5 rings (SSSR count). The number of fused-ring (bicyclic) bond motifs is 2. The summed E-state index contributed by atoms with van der Waals surface area (Å²) in [5, 5.41) is 5.05. The lowest BCUT2D eigenvalue weighted by atomic mass is 9.90. The number of rotatable bonds is 6. The normalized spacial score (nSPS) is 21.9. The van der Waals surface area contributed by atoms with Gasteiger partial charge in [0.25, 0.3) is 5.91 Å². The van der Waals surface area contributed by atoms with Crippen molar-refractivity contribution in [2.24, 2.45) is 5.92 Å². The number of hydrogen-bond donors (Lipinski definition) is 1. The summed E-state index contributed by atoms with van der Waals surface area (Å²) in [5.41, 5.74) is 0.537. The number of nitrogens with zero attached hydrogens (tertiary/aromatic N) is 1. The minimum absolute atomic E-state index is 0.172. The van der Waals surface area contributed by atoms with E-state index in [1.165, 1.54) is 0 Å². The molecule has 3 aromatic rings. The summed E-state index contributed by atoms with van der Waals surface area (Å²) in [6.07, 6.45) is 1.17. The van der Waals surface area contributed by atoms with E-state index in [0.717, 1.165) is 20.8 Å². The number of carbonyl (C=O) groups excluding carboxylic acids is 2. The van der Waals surface area contributed by atoms with E-state index in [0.29, 0.717) is 36.6 Å². The number of para-hydroxylation sites is 2. The fourth-order valence-electron chi connectivity index (χ4n) is 5.10. The zero-order chi connectivity index (χ0) is 26.2. The minimum atomic E-state index is -0.987. The Bertz CT molecular complexity index is 1340. The summed E-state index contributed by atoms with van der Waals surface area (Å²) in [6, 6.07) is 16.6. The third-order valence-corrected chi connectivity index (χ3v) is 7.95. The minimum Gasteiger partial charge on any atom is -0.496 e. The van der Waals surface area contributed by atoms with Crippen LogP contribution in [0.4, 0.5) is 5.69 Å². The van der Waals surface area contributed by atoms with Gasteiger partial charge in [-0.2, -0.15) is 0 Å². The zero-order valence-corrected chi connectivity index (χ0v) is 22.8. The fourth-order valence-corrected chi connectivity index (χ4v) is 5.48. The lowest BCUT2D eigenvalue weighted by molar-refractivity contribution is -0.134. The van der Waals surface area contributed by atoms with Crippen molar-refractivity contribution in [3.8, 4) is 11.5 Å². The molecule has 0 unspecified atom stereocenters. The van der Waals surface area contributed by atoms with Gasteiger partial charge >= 0.3 is 0 Å². The molecule has 1 N–H and O–H groups in total. The summed E-state index contributed by atoms with van der Waals surface area (Å²) in [6.45, 7) is 4.74. The summed E-state index contributed by atoms with van der Waals surface area (Å²) < 4.78 is 19.0. The summed E-state index contributed by atoms with van der Waals surface area (Å²) in [4.78, 5) is 29.2. The van der Waals surface area contributed by atoms with Gasteiger partial charge in [0.1, 0.15) is 11.5 Å². The zero-order valence-electron chi connectivity index (χ0n) is 21.3. The molecule has 2 heterocycles. The van der Waals surface area contributed by atoms with Gasteiger partial charge in [0, 0.05) is 22.4 Å². The van der Waals surface area contributed by atoms with Gasteiger partial charge in [-0.15, -0.1) is 0 Å². The van der Waals surface area contributed by atoms with Crippen LogP contribution in [0.3, 0.4) is 0 Å². The van der Waals surface area contributed by atoms with Crippen LogP contribution in [-0.4, -0.2) is 43.8 Å². The molecule has 1 saturated heterocycles. The quantitative estimate of drug-likeness (QED) is 0.442. The van der Waals surface area contributed by atoms with Gasteiger partial charge in [0.15, 0.2) is 11.6 Å². The van der Waals surface area contributed by atoms with Crippen molar-refractivity contribution in [1.82, 2.24) is 5.32 Å². The topological polar surface area (TPSA) is 77.1 Å². The van der Waals surface area contributed by atoms with Crippen molar-refractivity contribution in [1.29, 1.82) is 0 Å². The van der Waals surface area contributed by atoms with Crippen LogP contribution >= 0.6 is 15.9 Å². The predicted molar refractivity (Wildman–Crippen MR) is 146 cm³/mol. The highest BCUT2D eigenvalue weighted by Crippen LogP contribution is 2.42. The number of methoxy groups -OCH3 is 1. The van der Waals surface area contributed by atoms with Crippen LogP contribution in [0.5, 0.6) is 11.5 Å². The first-order valence-electron chi connectivity index (χ1n) is 12.6. The first-order valence-corrected chi connectivity index (χ1v) is 13.4. The van der Waals surface area contributed by atoms with Crippen LogP contribution in [0.2, 0.25) is 0 Å². The third-order valence-electron chi connectivity index (χ3n) is 7.46. The Morgan fingerprint density at radius 3 is 2.78 bits per heavy atom. The molecule has 7 nitrogen and oxygen atoms in total. The van der Waals surface area contributed by atoms with Crippen LogP contribution in [0.15, 0.2) is 59.1 Å². The molecule has 2 amide bonds. The average molecular weight is 567 g/mol. The van der Waals surface area contributed by atoms with Crippen molar-refractivity contribution in [3.63, 3.8) is 0 Å². The maximum absolute atomic E-state index is 14.4. The smallest absolute Gasteiger partial charge is 0.254 e. The van der Waals surface area contributed by atoms with Crippen molar-refractivity contribution in [2.45, 2.75) is 44.9 Å². The molecule has 0 radical (unpaired) electrons. The molecule has 2 aliphatic rings. The Morgan fingerprint density at radius 2 is 2.05 bits per heavy atom. The molecule has 3 atom stereocenters. The Labute approximate surface area is 225 Å². The Balaban J connectivity index is 1.64. The van der Waals surface area contributed by atoms with Crippen molar-refractivity contribution in [2.75, 3.05) is 25.2 Å². The highest BCUT2D eigenvalue weighted by atomic mass is 79.9. The molecule has 1 spiro atoms. The lowest BCUT2D eigenvalue weighted by Crippen LogP contribution is -2.63. The van der Waals surface area contributed by atoms with E-state index in [1.54, 1.807) is 12.0 Å². The van der Waals surface area contributed by atoms with E-state index < -0.39 is 11.6 Å². The second kappa shape index (κ2) is 10.3. The molecule has 3 aromatic carbocycles. The van der Waals surface area contributed by atoms with Crippen LogP contribution < -0.4 is 19.7 Å². The highest BCUT2D eigenvalue weighted by Gasteiger charge is 2.53. The van der Waals surface area contributed by atoms with Crippen LogP contribution in [0.25, 0.3) is 10.8 Å². The number of benzene rings is 3. The van der Waals surface area contributed by atoms with Crippen molar-refractivity contribution >= 4 is 44.2 Å². The first kappa shape index (κ1) is 25.5. The molecule has 2 aliphatic heterocycles. The lowest BCUT2D eigenvalue weighted by Gasteiger charge is -2.35. The third kappa shape index (κ3) is 4.68. The van der Waals surface area contributed by atoms with Gasteiger partial charge < -0.3 is 24.4 Å². The van der Waals surface area contributed by atoms with Crippen molar-refractivity contribution < 1.29 is 23.8 Å². The average Bonchev–Trinajstić information content (AvgIpc) is 3.35. The molecule has 0 aromatic heterocycles. The van der Waals surface area contributed by atoms with E-state index in [4.69, 9.17) is 14.2 Å². The number of carbonyl (C=O) groups is 2. The van der Waals surface area contributed by atoms with E-state index in [-0.39, 0.29) is 30.9 Å². The Hall–Kier alpha value is -3.10. The number of nitrogens with one attached hydrogen (secondary N) is 1. The maximum Gasteiger partial charge on any atom is 0.254 e. The molecule has 0 bridgehead atoms. The van der Waals surface area contributed by atoms with Gasteiger partial charge in [-0.3, -0.25) is 9.59 Å². The van der Waals surface area contributed by atoms with Crippen molar-refractivity contribution in [3.05, 3.63) is 64.6 Å². The Morgan fingerprint density at radius 1 is 1.24 bits per heavy atom. The SMILES string of the molecule is CC[C@@H](C)C(=O)N[C@@H]1C(=O)N(Cc2c(OC)ccc3cc(Br)ccc23)c2ccccc2O[C@]12CCOC2. The van der Waals surface area contributed by atoms with Gasteiger partial charge in [-0.05, 0) is 47.5 Å². The van der Waals surface area contributed by atoms with Gasteiger partial charge in [0.05, 0.1) is 32.6 Å². The van der Waals surface area contributed by atoms with Gasteiger partial charge in [-0.1, -0.05) is 54.0 Å². The van der Waals surface area contributed by atoms with Gasteiger partial charge in [-0.25, -0.2) is 0 Å². The molecule has 0 saturated carbocycles. The van der Waals surface area contributed by atoms with E-state index in [2.05, 4.69) is 21.2 Å². The predicted octanol–water partition coefficient (Wildman–Crippen LogP) is 5.23. The van der Waals surface area contributed by atoms with Crippen LogP contribution in [0.1, 0.15) is 32.3 Å². The second-order valence-corrected chi connectivity index (χ2v) is 10.6. The van der Waals surface area contributed by atoms with Crippen LogP contribution in [-0.2, 0) is 20.9 Å². The molecular weight excluding hydrogens is 536 g/mol. The summed E-state index contributed by atoms with van der Waals surface area (Å²) in [5.74, 6) is 0.633. The highest BCUT2D eigenvalue weighted by molar-refractivity contribution is 9.10.